The van der Waals surface area contributed by atoms with E-state index in [-0.39, 0.29) is 6.11 Å². The first kappa shape index (κ1) is 9.37. The molecule has 0 aromatic rings. The molecule has 0 unspecified atom stereocenters. The largest absolute Gasteiger partial charge is 0.335 e. The first-order valence-corrected chi connectivity index (χ1v) is 2.95. The number of thiol groups is 1. The predicted molar refractivity (Wildman–Crippen MR) is 33.8 cm³/mol. The van der Waals surface area contributed by atoms with Crippen molar-refractivity contribution < 1.29 is 0 Å². The van der Waals surface area contributed by atoms with Gasteiger partial charge in [0.05, 0.1) is 0 Å². The van der Waals surface area contributed by atoms with Gasteiger partial charge < -0.3 is 0 Å². The van der Waals surface area contributed by atoms with Gasteiger partial charge in [0.15, 0.2) is 0 Å². The van der Waals surface area contributed by atoms with Crippen molar-refractivity contribution in [3.63, 3.8) is 0 Å². The standard InChI is InChI=1S/CH4S.BCl2H/c1-2;2-1-3/h2H,1H3;1H. The lowest BCUT2D eigenvalue weighted by atomic mass is 10.7. The Balaban J connectivity index is 0. The fourth-order valence-corrected chi connectivity index (χ4v) is 0. The highest BCUT2D eigenvalue weighted by atomic mass is 35.5. The maximum atomic E-state index is 4.76. The third kappa shape index (κ3) is 45.3. The van der Waals surface area contributed by atoms with Gasteiger partial charge in [0.25, 0.3) is 0 Å². The second-order valence-corrected chi connectivity index (χ2v) is 0.909. The molecule has 0 fully saturated rings. The number of hydrogen-bond donors (Lipinski definition) is 1. The highest BCUT2D eigenvalue weighted by molar-refractivity contribution is 7.79. The molecule has 0 aliphatic heterocycles. The third-order valence-corrected chi connectivity index (χ3v) is 0. The highest BCUT2D eigenvalue weighted by Gasteiger charge is 1.52. The SMILES string of the molecule is CS.ClBCl. The average Bonchev–Trinajstić information content (AvgIpc) is 1.46. The number of hydrogen-bond acceptors (Lipinski definition) is 1. The van der Waals surface area contributed by atoms with Crippen LogP contribution >= 0.6 is 35.5 Å². The van der Waals surface area contributed by atoms with E-state index in [2.05, 4.69) is 12.6 Å². The van der Waals surface area contributed by atoms with Crippen LogP contribution in [0.3, 0.4) is 0 Å². The maximum Gasteiger partial charge on any atom is 0.335 e. The van der Waals surface area contributed by atoms with Crippen molar-refractivity contribution in [3.8, 4) is 0 Å². The Labute approximate surface area is 48.3 Å². The van der Waals surface area contributed by atoms with Gasteiger partial charge in [-0.05, 0) is 6.26 Å². The quantitative estimate of drug-likeness (QED) is 0.371. The summed E-state index contributed by atoms with van der Waals surface area (Å²) in [7, 11) is 0. The van der Waals surface area contributed by atoms with Crippen molar-refractivity contribution in [1.29, 1.82) is 0 Å². The van der Waals surface area contributed by atoms with E-state index in [1.54, 1.807) is 6.26 Å². The molecule has 0 aliphatic rings. The summed E-state index contributed by atoms with van der Waals surface area (Å²) in [5.41, 5.74) is 0. The second kappa shape index (κ2) is 20.0. The molecule has 5 heavy (non-hydrogen) atoms. The normalized spacial score (nSPS) is 4.00. The molecule has 0 radical (unpaired) electrons. The molecule has 0 aromatic carbocycles. The molecule has 0 spiro atoms. The second-order valence-electron chi connectivity index (χ2n) is 0.101. The van der Waals surface area contributed by atoms with Crippen LogP contribution in [0.15, 0.2) is 0 Å². The molecule has 0 aliphatic carbocycles. The zero-order valence-corrected chi connectivity index (χ0v) is 5.32. The monoisotopic (exact) mass is 130 g/mol. The van der Waals surface area contributed by atoms with Crippen molar-refractivity contribution in [2.75, 3.05) is 6.26 Å². The summed E-state index contributed by atoms with van der Waals surface area (Å²) in [5.74, 6) is 0. The van der Waals surface area contributed by atoms with Gasteiger partial charge in [0, 0.05) is 0 Å². The summed E-state index contributed by atoms with van der Waals surface area (Å²) in [4.78, 5) is 0. The topological polar surface area (TPSA) is 0 Å². The molecule has 0 saturated carbocycles. The summed E-state index contributed by atoms with van der Waals surface area (Å²) in [5, 5.41) is 0. The molecule has 0 rings (SSSR count). The zero-order chi connectivity index (χ0) is 4.71. The average molecular weight is 131 g/mol. The van der Waals surface area contributed by atoms with Gasteiger partial charge in [-0.25, -0.2) is 0 Å². The Morgan fingerprint density at radius 1 is 1.40 bits per heavy atom. The maximum absolute atomic E-state index is 4.76. The first-order valence-electron chi connectivity index (χ1n) is 0.982. The Bertz CT molecular complexity index is 9.61. The van der Waals surface area contributed by atoms with E-state index < -0.39 is 0 Å². The van der Waals surface area contributed by atoms with Gasteiger partial charge in [-0.15, -0.1) is 0 Å². The molecule has 32 valence electrons. The molecule has 0 nitrogen and oxygen atoms in total. The molecular formula is CH5BCl2S. The van der Waals surface area contributed by atoms with Gasteiger partial charge in [0.1, 0.15) is 0 Å². The fraction of sp³-hybridized carbons (Fsp3) is 1.00. The minimum absolute atomic E-state index is 0.194. The van der Waals surface area contributed by atoms with Crippen molar-refractivity contribution >= 4 is 41.7 Å². The van der Waals surface area contributed by atoms with Crippen LogP contribution in [0.5, 0.6) is 0 Å². The first-order chi connectivity index (χ1) is 2.41. The van der Waals surface area contributed by atoms with Crippen molar-refractivity contribution in [3.05, 3.63) is 0 Å². The zero-order valence-electron chi connectivity index (χ0n) is 2.91. The van der Waals surface area contributed by atoms with Crippen LogP contribution in [0.4, 0.5) is 0 Å². The fourth-order valence-electron chi connectivity index (χ4n) is 0. The Morgan fingerprint density at radius 2 is 1.40 bits per heavy atom. The third-order valence-electron chi connectivity index (χ3n) is 0. The van der Waals surface area contributed by atoms with Crippen LogP contribution in [-0.4, -0.2) is 12.4 Å². The number of rotatable bonds is 0. The van der Waals surface area contributed by atoms with E-state index in [0.29, 0.717) is 0 Å². The van der Waals surface area contributed by atoms with E-state index >= 15 is 0 Å². The number of halogens is 2. The molecule has 0 bridgehead atoms. The Kier molecular flexibility index (Phi) is 37.5. The van der Waals surface area contributed by atoms with E-state index in [1.165, 1.54) is 0 Å². The summed E-state index contributed by atoms with van der Waals surface area (Å²) >= 11 is 13.1. The lowest BCUT2D eigenvalue weighted by Gasteiger charge is -1.36. The lowest BCUT2D eigenvalue weighted by molar-refractivity contribution is 2.55. The highest BCUT2D eigenvalue weighted by Crippen LogP contribution is 1.67. The predicted octanol–water partition coefficient (Wildman–Crippen LogP) is 1.28. The van der Waals surface area contributed by atoms with Gasteiger partial charge in [-0.3, -0.25) is 0 Å². The van der Waals surface area contributed by atoms with Crippen LogP contribution < -0.4 is 0 Å². The van der Waals surface area contributed by atoms with Gasteiger partial charge in [0.2, 0.25) is 0 Å². The van der Waals surface area contributed by atoms with Crippen molar-refractivity contribution in [2.45, 2.75) is 0 Å². The molecule has 0 saturated heterocycles. The summed E-state index contributed by atoms with van der Waals surface area (Å²) in [6.45, 7) is 0. The van der Waals surface area contributed by atoms with Gasteiger partial charge in [-0.2, -0.15) is 35.5 Å². The minimum atomic E-state index is 0.194. The molecule has 0 aromatic heterocycles. The summed E-state index contributed by atoms with van der Waals surface area (Å²) in [6, 6.07) is 0. The van der Waals surface area contributed by atoms with Crippen molar-refractivity contribution in [2.24, 2.45) is 0 Å². The lowest BCUT2D eigenvalue weighted by Crippen LogP contribution is -1.36. The van der Waals surface area contributed by atoms with Gasteiger partial charge in [-0.1, -0.05) is 0 Å². The van der Waals surface area contributed by atoms with E-state index in [9.17, 15) is 0 Å². The van der Waals surface area contributed by atoms with Crippen molar-refractivity contribution in [1.82, 2.24) is 0 Å². The summed E-state index contributed by atoms with van der Waals surface area (Å²) in [6.07, 6.45) is 1.89. The summed E-state index contributed by atoms with van der Waals surface area (Å²) < 4.78 is 0. The van der Waals surface area contributed by atoms with Crippen LogP contribution in [0.25, 0.3) is 0 Å². The van der Waals surface area contributed by atoms with Crippen LogP contribution in [0.2, 0.25) is 0 Å². The Hall–Kier alpha value is 0.995. The Morgan fingerprint density at radius 3 is 1.40 bits per heavy atom. The molecule has 0 N–H and O–H groups in total. The molecule has 4 heteroatoms. The van der Waals surface area contributed by atoms with Gasteiger partial charge >= 0.3 is 6.11 Å². The van der Waals surface area contributed by atoms with E-state index in [4.69, 9.17) is 22.9 Å². The molecule has 0 amide bonds. The smallest absolute Gasteiger partial charge is 0.183 e. The van der Waals surface area contributed by atoms with E-state index in [1.807, 2.05) is 0 Å². The molecular weight excluding hydrogens is 126 g/mol. The van der Waals surface area contributed by atoms with Crippen LogP contribution in [-0.2, 0) is 0 Å². The van der Waals surface area contributed by atoms with E-state index in [0.717, 1.165) is 0 Å². The van der Waals surface area contributed by atoms with Crippen LogP contribution in [0, 0.1) is 0 Å². The molecule has 0 atom stereocenters. The molecule has 0 heterocycles. The van der Waals surface area contributed by atoms with Crippen LogP contribution in [0.1, 0.15) is 0 Å². The minimum Gasteiger partial charge on any atom is -0.183 e.